The minimum Gasteiger partial charge on any atom is -0.474 e. The number of rotatable bonds is 5. The first-order valence-electron chi connectivity index (χ1n) is 10.8. The third-order valence-electron chi connectivity index (χ3n) is 6.23. The Balaban J connectivity index is 1.41. The summed E-state index contributed by atoms with van der Waals surface area (Å²) >= 11 is 0. The summed E-state index contributed by atoms with van der Waals surface area (Å²) in [6, 6.07) is 4.44. The lowest BCUT2D eigenvalue weighted by atomic mass is 10.0. The molecular weight excluding hydrogens is 396 g/mol. The molecule has 0 radical (unpaired) electrons. The summed E-state index contributed by atoms with van der Waals surface area (Å²) in [6.45, 7) is 3.99. The Labute approximate surface area is 179 Å². The molecular formula is C22H24N6O3. The molecule has 3 aliphatic rings. The molecule has 9 nitrogen and oxygen atoms in total. The first kappa shape index (κ1) is 18.4. The van der Waals surface area contributed by atoms with Crippen LogP contribution in [0.2, 0.25) is 0 Å². The molecule has 1 saturated carbocycles. The number of amides is 1. The molecule has 0 bridgehead atoms. The molecule has 31 heavy (non-hydrogen) atoms. The molecule has 1 amide bonds. The highest BCUT2D eigenvalue weighted by molar-refractivity contribution is 5.85. The summed E-state index contributed by atoms with van der Waals surface area (Å²) in [4.78, 5) is 25.7. The van der Waals surface area contributed by atoms with E-state index in [-0.39, 0.29) is 17.9 Å². The van der Waals surface area contributed by atoms with Crippen molar-refractivity contribution in [3.05, 3.63) is 24.7 Å². The lowest BCUT2D eigenvalue weighted by molar-refractivity contribution is -0.119. The van der Waals surface area contributed by atoms with Crippen LogP contribution in [-0.2, 0) is 4.79 Å². The molecule has 2 aliphatic heterocycles. The fourth-order valence-electron chi connectivity index (χ4n) is 4.28. The quantitative estimate of drug-likeness (QED) is 0.654. The van der Waals surface area contributed by atoms with Gasteiger partial charge in [0.15, 0.2) is 0 Å². The predicted octanol–water partition coefficient (Wildman–Crippen LogP) is 2.54. The maximum absolute atomic E-state index is 11.7. The number of carbonyl (C=O) groups is 1. The molecule has 0 spiro atoms. The zero-order valence-electron chi connectivity index (χ0n) is 17.3. The maximum atomic E-state index is 11.7. The summed E-state index contributed by atoms with van der Waals surface area (Å²) in [6.07, 6.45) is 6.26. The standard InChI is InChI=1S/C22H24N6O3/c1-12(13-7-19(29)24-9-13)31-22-20-17(26-11-28(20)15-2-3-15)8-16(27-22)14-6-18-21(25-10-14)30-5-4-23-18/h6,8,10-13,15,23H,2-5,7,9H2,1H3,(H,24,29). The number of hydrogen-bond acceptors (Lipinski definition) is 7. The topological polar surface area (TPSA) is 103 Å². The molecule has 1 aliphatic carbocycles. The summed E-state index contributed by atoms with van der Waals surface area (Å²) in [5.74, 6) is 1.37. The zero-order valence-corrected chi connectivity index (χ0v) is 17.3. The van der Waals surface area contributed by atoms with Gasteiger partial charge in [-0.1, -0.05) is 0 Å². The number of nitrogens with one attached hydrogen (secondary N) is 2. The smallest absolute Gasteiger partial charge is 0.241 e. The van der Waals surface area contributed by atoms with Crippen LogP contribution >= 0.6 is 0 Å². The number of carbonyl (C=O) groups excluding carboxylic acids is 1. The Hall–Kier alpha value is -3.36. The van der Waals surface area contributed by atoms with E-state index in [1.807, 2.05) is 25.4 Å². The van der Waals surface area contributed by atoms with Crippen LogP contribution in [0.1, 0.15) is 32.2 Å². The molecule has 9 heteroatoms. The van der Waals surface area contributed by atoms with Crippen LogP contribution in [0.5, 0.6) is 11.8 Å². The van der Waals surface area contributed by atoms with E-state index < -0.39 is 0 Å². The predicted molar refractivity (Wildman–Crippen MR) is 114 cm³/mol. The van der Waals surface area contributed by atoms with Gasteiger partial charge in [-0.25, -0.2) is 15.0 Å². The van der Waals surface area contributed by atoms with Crippen molar-refractivity contribution in [2.45, 2.75) is 38.3 Å². The maximum Gasteiger partial charge on any atom is 0.241 e. The second kappa shape index (κ2) is 7.11. The van der Waals surface area contributed by atoms with Gasteiger partial charge in [0.25, 0.3) is 0 Å². The van der Waals surface area contributed by atoms with Gasteiger partial charge >= 0.3 is 0 Å². The molecule has 2 fully saturated rings. The number of pyridine rings is 2. The first-order chi connectivity index (χ1) is 15.2. The normalized spacial score (nSPS) is 21.2. The summed E-state index contributed by atoms with van der Waals surface area (Å²) in [7, 11) is 0. The Morgan fingerprint density at radius 3 is 2.97 bits per heavy atom. The van der Waals surface area contributed by atoms with Crippen molar-refractivity contribution in [2.75, 3.05) is 25.0 Å². The Morgan fingerprint density at radius 1 is 1.26 bits per heavy atom. The van der Waals surface area contributed by atoms with Crippen LogP contribution in [-0.4, -0.2) is 51.2 Å². The van der Waals surface area contributed by atoms with E-state index in [2.05, 4.69) is 25.2 Å². The van der Waals surface area contributed by atoms with Crippen molar-refractivity contribution < 1.29 is 14.3 Å². The van der Waals surface area contributed by atoms with Crippen LogP contribution in [0.3, 0.4) is 0 Å². The Bertz CT molecular complexity index is 1170. The summed E-state index contributed by atoms with van der Waals surface area (Å²) in [5.41, 5.74) is 4.25. The van der Waals surface area contributed by atoms with Crippen LogP contribution in [0.25, 0.3) is 22.3 Å². The van der Waals surface area contributed by atoms with Gasteiger partial charge in [-0.3, -0.25) is 4.79 Å². The van der Waals surface area contributed by atoms with Crippen molar-refractivity contribution >= 4 is 22.6 Å². The van der Waals surface area contributed by atoms with Gasteiger partial charge < -0.3 is 24.7 Å². The van der Waals surface area contributed by atoms with E-state index in [0.717, 1.165) is 47.4 Å². The minimum absolute atomic E-state index is 0.0742. The van der Waals surface area contributed by atoms with Crippen LogP contribution < -0.4 is 20.1 Å². The molecule has 3 aromatic rings. The van der Waals surface area contributed by atoms with Crippen molar-refractivity contribution in [1.82, 2.24) is 24.8 Å². The van der Waals surface area contributed by atoms with Gasteiger partial charge in [0, 0.05) is 43.2 Å². The molecule has 6 rings (SSSR count). The van der Waals surface area contributed by atoms with Crippen molar-refractivity contribution in [3.8, 4) is 23.0 Å². The summed E-state index contributed by atoms with van der Waals surface area (Å²) in [5, 5.41) is 6.21. The van der Waals surface area contributed by atoms with E-state index in [0.29, 0.717) is 37.4 Å². The highest BCUT2D eigenvalue weighted by atomic mass is 16.5. The van der Waals surface area contributed by atoms with Gasteiger partial charge in [0.05, 0.1) is 23.2 Å². The van der Waals surface area contributed by atoms with Crippen molar-refractivity contribution in [1.29, 1.82) is 0 Å². The fraction of sp³-hybridized carbons (Fsp3) is 0.455. The van der Waals surface area contributed by atoms with Crippen molar-refractivity contribution in [3.63, 3.8) is 0 Å². The fourth-order valence-corrected chi connectivity index (χ4v) is 4.28. The van der Waals surface area contributed by atoms with Crippen molar-refractivity contribution in [2.24, 2.45) is 5.92 Å². The number of nitrogens with zero attached hydrogens (tertiary/aromatic N) is 4. The molecule has 2 atom stereocenters. The van der Waals surface area contributed by atoms with Gasteiger partial charge in [-0.05, 0) is 31.9 Å². The zero-order chi connectivity index (χ0) is 20.9. The monoisotopic (exact) mass is 420 g/mol. The number of hydrogen-bond donors (Lipinski definition) is 2. The van der Waals surface area contributed by atoms with Crippen LogP contribution in [0.15, 0.2) is 24.7 Å². The molecule has 2 unspecified atom stereocenters. The minimum atomic E-state index is -0.149. The number of ether oxygens (including phenoxy) is 2. The van der Waals surface area contributed by atoms with Gasteiger partial charge in [0.1, 0.15) is 18.2 Å². The number of aromatic nitrogens is 4. The highest BCUT2D eigenvalue weighted by Gasteiger charge is 2.31. The molecule has 0 aromatic carbocycles. The number of imidazole rings is 1. The summed E-state index contributed by atoms with van der Waals surface area (Å²) < 4.78 is 14.2. The van der Waals surface area contributed by atoms with Gasteiger partial charge in [-0.15, -0.1) is 0 Å². The average molecular weight is 420 g/mol. The van der Waals surface area contributed by atoms with Crippen LogP contribution in [0.4, 0.5) is 5.69 Å². The van der Waals surface area contributed by atoms with E-state index in [1.165, 1.54) is 0 Å². The van der Waals surface area contributed by atoms with E-state index in [4.69, 9.17) is 14.5 Å². The molecule has 5 heterocycles. The second-order valence-electron chi connectivity index (χ2n) is 8.51. The Morgan fingerprint density at radius 2 is 2.16 bits per heavy atom. The van der Waals surface area contributed by atoms with E-state index in [1.54, 1.807) is 6.20 Å². The lowest BCUT2D eigenvalue weighted by Gasteiger charge is -2.21. The molecule has 160 valence electrons. The highest BCUT2D eigenvalue weighted by Crippen LogP contribution is 2.41. The average Bonchev–Trinajstić information content (AvgIpc) is 3.39. The SMILES string of the molecule is CC(Oc1nc(-c2cnc3c(c2)NCCO3)cc2ncn(C3CC3)c12)C1CNC(=O)C1. The molecule has 3 aromatic heterocycles. The van der Waals surface area contributed by atoms with E-state index >= 15 is 0 Å². The number of anilines is 1. The largest absolute Gasteiger partial charge is 0.474 e. The van der Waals surface area contributed by atoms with Crippen LogP contribution in [0, 0.1) is 5.92 Å². The lowest BCUT2D eigenvalue weighted by Crippen LogP contribution is -2.26. The van der Waals surface area contributed by atoms with Gasteiger partial charge in [0.2, 0.25) is 17.7 Å². The third kappa shape index (κ3) is 3.34. The van der Waals surface area contributed by atoms with Gasteiger partial charge in [-0.2, -0.15) is 0 Å². The molecule has 2 N–H and O–H groups in total. The van der Waals surface area contributed by atoms with E-state index in [9.17, 15) is 4.79 Å². The number of fused-ring (bicyclic) bond motifs is 2. The third-order valence-corrected chi connectivity index (χ3v) is 6.23. The molecule has 1 saturated heterocycles. The second-order valence-corrected chi connectivity index (χ2v) is 8.51. The first-order valence-corrected chi connectivity index (χ1v) is 10.8. The Kier molecular flexibility index (Phi) is 4.22.